The summed E-state index contributed by atoms with van der Waals surface area (Å²) in [6.45, 7) is 2.65. The van der Waals surface area contributed by atoms with Crippen LogP contribution < -0.4 is 10.6 Å². The quantitative estimate of drug-likeness (QED) is 0.653. The minimum atomic E-state index is -0.926. The molecule has 0 fully saturated rings. The van der Waals surface area contributed by atoms with Gasteiger partial charge in [-0.15, -0.1) is 0 Å². The number of benzene rings is 1. The Labute approximate surface area is 122 Å². The maximum absolute atomic E-state index is 11.5. The summed E-state index contributed by atoms with van der Waals surface area (Å²) in [5, 5.41) is 14.9. The number of hydrogen-bond donors (Lipinski definition) is 4. The van der Waals surface area contributed by atoms with Crippen LogP contribution >= 0.6 is 0 Å². The van der Waals surface area contributed by atoms with Gasteiger partial charge in [-0.2, -0.15) is 0 Å². The number of nitrogens with one attached hydrogen (secondary N) is 3. The highest BCUT2D eigenvalue weighted by Gasteiger charge is 2.08. The summed E-state index contributed by atoms with van der Waals surface area (Å²) in [5.41, 5.74) is 3.39. The van der Waals surface area contributed by atoms with Gasteiger partial charge in [0.1, 0.15) is 0 Å². The van der Waals surface area contributed by atoms with Crippen LogP contribution in [0.4, 0.5) is 4.79 Å². The zero-order valence-electron chi connectivity index (χ0n) is 11.9. The second-order valence-corrected chi connectivity index (χ2v) is 4.85. The van der Waals surface area contributed by atoms with Crippen molar-refractivity contribution in [2.24, 2.45) is 0 Å². The predicted molar refractivity (Wildman–Crippen MR) is 80.4 cm³/mol. The summed E-state index contributed by atoms with van der Waals surface area (Å²) in [6, 6.07) is 7.72. The number of fused-ring (bicyclic) bond motifs is 1. The molecule has 0 saturated carbocycles. The number of aryl methyl sites for hydroxylation is 1. The third-order valence-electron chi connectivity index (χ3n) is 3.31. The molecule has 112 valence electrons. The van der Waals surface area contributed by atoms with Crippen LogP contribution in [0.2, 0.25) is 0 Å². The predicted octanol–water partition coefficient (Wildman–Crippen LogP) is 1.79. The van der Waals surface area contributed by atoms with E-state index in [9.17, 15) is 9.59 Å². The van der Waals surface area contributed by atoms with Gasteiger partial charge in [0.05, 0.1) is 6.42 Å². The van der Waals surface area contributed by atoms with Crippen LogP contribution in [0, 0.1) is 6.92 Å². The number of aromatic amines is 1. The fourth-order valence-electron chi connectivity index (χ4n) is 2.30. The van der Waals surface area contributed by atoms with E-state index < -0.39 is 5.97 Å². The maximum Gasteiger partial charge on any atom is 0.314 e. The zero-order valence-corrected chi connectivity index (χ0v) is 11.9. The number of hydrogen-bond acceptors (Lipinski definition) is 2. The van der Waals surface area contributed by atoms with E-state index in [1.807, 2.05) is 25.1 Å². The Morgan fingerprint density at radius 3 is 2.67 bits per heavy atom. The molecular formula is C15H19N3O3. The van der Waals surface area contributed by atoms with Gasteiger partial charge >= 0.3 is 12.0 Å². The molecule has 0 saturated heterocycles. The SMILES string of the molecule is Cc1[nH]c2ccccc2c1CCNC(=O)NCCC(=O)O. The van der Waals surface area contributed by atoms with Crippen LogP contribution in [-0.4, -0.2) is 35.2 Å². The summed E-state index contributed by atoms with van der Waals surface area (Å²) in [6.07, 6.45) is 0.650. The molecular weight excluding hydrogens is 270 g/mol. The summed E-state index contributed by atoms with van der Waals surface area (Å²) >= 11 is 0. The van der Waals surface area contributed by atoms with Gasteiger partial charge < -0.3 is 20.7 Å². The second kappa shape index (κ2) is 6.78. The first kappa shape index (κ1) is 14.9. The molecule has 0 atom stereocenters. The highest BCUT2D eigenvalue weighted by Crippen LogP contribution is 2.21. The van der Waals surface area contributed by atoms with E-state index in [4.69, 9.17) is 5.11 Å². The lowest BCUT2D eigenvalue weighted by atomic mass is 10.1. The number of carbonyl (C=O) groups is 2. The summed E-state index contributed by atoms with van der Waals surface area (Å²) < 4.78 is 0. The Bertz CT molecular complexity index is 649. The van der Waals surface area contributed by atoms with E-state index in [0.717, 1.165) is 17.6 Å². The van der Waals surface area contributed by atoms with Gasteiger partial charge in [-0.05, 0) is 25.0 Å². The lowest BCUT2D eigenvalue weighted by Crippen LogP contribution is -2.37. The molecule has 0 unspecified atom stereocenters. The lowest BCUT2D eigenvalue weighted by molar-refractivity contribution is -0.136. The van der Waals surface area contributed by atoms with E-state index >= 15 is 0 Å². The first-order valence-electron chi connectivity index (χ1n) is 6.87. The van der Waals surface area contributed by atoms with E-state index in [2.05, 4.69) is 21.7 Å². The number of carboxylic acids is 1. The second-order valence-electron chi connectivity index (χ2n) is 4.85. The van der Waals surface area contributed by atoms with Crippen molar-refractivity contribution < 1.29 is 14.7 Å². The van der Waals surface area contributed by atoms with Crippen molar-refractivity contribution in [3.8, 4) is 0 Å². The molecule has 0 spiro atoms. The molecule has 0 aliphatic rings. The van der Waals surface area contributed by atoms with Crippen molar-refractivity contribution in [2.45, 2.75) is 19.8 Å². The molecule has 0 aliphatic heterocycles. The van der Waals surface area contributed by atoms with Gasteiger partial charge in [0, 0.05) is 29.7 Å². The van der Waals surface area contributed by atoms with E-state index in [1.165, 1.54) is 10.9 Å². The van der Waals surface area contributed by atoms with E-state index in [0.29, 0.717) is 6.54 Å². The van der Waals surface area contributed by atoms with E-state index in [-0.39, 0.29) is 19.0 Å². The van der Waals surface area contributed by atoms with Gasteiger partial charge in [0.2, 0.25) is 0 Å². The Morgan fingerprint density at radius 1 is 1.19 bits per heavy atom. The number of aliphatic carboxylic acids is 1. The molecule has 0 bridgehead atoms. The number of carbonyl (C=O) groups excluding carboxylic acids is 1. The Balaban J connectivity index is 1.84. The molecule has 0 radical (unpaired) electrons. The van der Waals surface area contributed by atoms with E-state index in [1.54, 1.807) is 0 Å². The number of rotatable bonds is 6. The molecule has 1 aromatic carbocycles. The summed E-state index contributed by atoms with van der Waals surface area (Å²) in [4.78, 5) is 25.1. The normalized spacial score (nSPS) is 10.5. The standard InChI is InChI=1S/C15H19N3O3/c1-10-11(12-4-2-3-5-13(12)18-10)6-8-16-15(21)17-9-7-14(19)20/h2-5,18H,6-9H2,1H3,(H,19,20)(H2,16,17,21). The average molecular weight is 289 g/mol. The highest BCUT2D eigenvalue weighted by molar-refractivity contribution is 5.84. The van der Waals surface area contributed by atoms with Crippen molar-refractivity contribution in [3.63, 3.8) is 0 Å². The fraction of sp³-hybridized carbons (Fsp3) is 0.333. The topological polar surface area (TPSA) is 94.2 Å². The third kappa shape index (κ3) is 3.98. The first-order valence-corrected chi connectivity index (χ1v) is 6.87. The monoisotopic (exact) mass is 289 g/mol. The molecule has 1 aromatic heterocycles. The lowest BCUT2D eigenvalue weighted by Gasteiger charge is -2.07. The van der Waals surface area contributed by atoms with Gasteiger partial charge in [-0.1, -0.05) is 18.2 Å². The number of urea groups is 1. The maximum atomic E-state index is 11.5. The first-order chi connectivity index (χ1) is 10.1. The van der Waals surface area contributed by atoms with Crippen LogP contribution in [-0.2, 0) is 11.2 Å². The molecule has 0 aliphatic carbocycles. The van der Waals surface area contributed by atoms with Crippen molar-refractivity contribution in [3.05, 3.63) is 35.5 Å². The molecule has 2 amide bonds. The highest BCUT2D eigenvalue weighted by atomic mass is 16.4. The fourth-order valence-corrected chi connectivity index (χ4v) is 2.30. The largest absolute Gasteiger partial charge is 0.481 e. The number of carboxylic acid groups (broad SMARTS) is 1. The Hall–Kier alpha value is -2.50. The summed E-state index contributed by atoms with van der Waals surface area (Å²) in [5.74, 6) is -0.926. The Morgan fingerprint density at radius 2 is 1.90 bits per heavy atom. The van der Waals surface area contributed by atoms with Gasteiger partial charge in [-0.25, -0.2) is 4.79 Å². The van der Waals surface area contributed by atoms with Gasteiger partial charge in [0.25, 0.3) is 0 Å². The number of H-pyrrole nitrogens is 1. The van der Waals surface area contributed by atoms with Crippen molar-refractivity contribution in [2.75, 3.05) is 13.1 Å². The molecule has 1 heterocycles. The van der Waals surface area contributed by atoms with Gasteiger partial charge in [0.15, 0.2) is 0 Å². The number of para-hydroxylation sites is 1. The average Bonchev–Trinajstić information content (AvgIpc) is 2.75. The summed E-state index contributed by atoms with van der Waals surface area (Å²) in [7, 11) is 0. The Kier molecular flexibility index (Phi) is 4.81. The van der Waals surface area contributed by atoms with Gasteiger partial charge in [-0.3, -0.25) is 4.79 Å². The van der Waals surface area contributed by atoms with Crippen LogP contribution in [0.5, 0.6) is 0 Å². The molecule has 6 heteroatoms. The minimum Gasteiger partial charge on any atom is -0.481 e. The third-order valence-corrected chi connectivity index (χ3v) is 3.31. The molecule has 2 aromatic rings. The number of aromatic nitrogens is 1. The van der Waals surface area contributed by atoms with Crippen LogP contribution in [0.25, 0.3) is 10.9 Å². The van der Waals surface area contributed by atoms with Crippen molar-refractivity contribution >= 4 is 22.9 Å². The number of amides is 2. The van der Waals surface area contributed by atoms with Crippen LogP contribution in [0.1, 0.15) is 17.7 Å². The zero-order chi connectivity index (χ0) is 15.2. The minimum absolute atomic E-state index is 0.0744. The molecule has 21 heavy (non-hydrogen) atoms. The molecule has 6 nitrogen and oxygen atoms in total. The molecule has 2 rings (SSSR count). The smallest absolute Gasteiger partial charge is 0.314 e. The molecule has 4 N–H and O–H groups in total. The van der Waals surface area contributed by atoms with Crippen LogP contribution in [0.15, 0.2) is 24.3 Å². The van der Waals surface area contributed by atoms with Crippen molar-refractivity contribution in [1.29, 1.82) is 0 Å². The van der Waals surface area contributed by atoms with Crippen molar-refractivity contribution in [1.82, 2.24) is 15.6 Å². The van der Waals surface area contributed by atoms with Crippen LogP contribution in [0.3, 0.4) is 0 Å².